The summed E-state index contributed by atoms with van der Waals surface area (Å²) in [6, 6.07) is 5.17. The van der Waals surface area contributed by atoms with Gasteiger partial charge < -0.3 is 5.32 Å². The Morgan fingerprint density at radius 3 is 2.31 bits per heavy atom. The lowest BCUT2D eigenvalue weighted by Gasteiger charge is -2.15. The van der Waals surface area contributed by atoms with Gasteiger partial charge in [-0.1, -0.05) is 24.8 Å². The highest BCUT2D eigenvalue weighted by Gasteiger charge is 2.14. The summed E-state index contributed by atoms with van der Waals surface area (Å²) >= 11 is 1.49. The molecule has 0 atom stereocenters. The topological polar surface area (TPSA) is 101 Å². The number of carbonyl (C=O) groups is 1. The zero-order chi connectivity index (χ0) is 21.6. The van der Waals surface area contributed by atoms with Crippen molar-refractivity contribution >= 4 is 39.1 Å². The minimum atomic E-state index is -3.39. The molecular weight excluding hydrogens is 408 g/mol. The summed E-state index contributed by atoms with van der Waals surface area (Å²) in [5, 5.41) is 3.61. The van der Waals surface area contributed by atoms with Gasteiger partial charge in [0.05, 0.1) is 11.4 Å². The number of rotatable bonds is 9. The minimum Gasteiger partial charge on any atom is -0.326 e. The van der Waals surface area contributed by atoms with Crippen molar-refractivity contribution in [2.75, 3.05) is 22.0 Å². The van der Waals surface area contributed by atoms with Crippen LogP contribution in [0.1, 0.15) is 42.3 Å². The number of amides is 1. The van der Waals surface area contributed by atoms with Crippen molar-refractivity contribution in [2.45, 2.75) is 52.1 Å². The molecule has 2 rings (SSSR count). The number of hydrogen-bond donors (Lipinski definition) is 2. The number of nitrogens with one attached hydrogen (secondary N) is 2. The lowest BCUT2D eigenvalue weighted by Crippen LogP contribution is -2.18. The van der Waals surface area contributed by atoms with E-state index in [1.54, 1.807) is 25.1 Å². The summed E-state index contributed by atoms with van der Waals surface area (Å²) < 4.78 is 26.7. The zero-order valence-electron chi connectivity index (χ0n) is 17.5. The average molecular weight is 437 g/mol. The number of aromatic nitrogens is 2. The largest absolute Gasteiger partial charge is 0.326 e. The van der Waals surface area contributed by atoms with Crippen molar-refractivity contribution in [3.8, 4) is 0 Å². The van der Waals surface area contributed by atoms with Crippen molar-refractivity contribution in [3.63, 3.8) is 0 Å². The highest BCUT2D eigenvalue weighted by molar-refractivity contribution is 7.98. The van der Waals surface area contributed by atoms with Gasteiger partial charge in [-0.25, -0.2) is 18.4 Å². The van der Waals surface area contributed by atoms with Gasteiger partial charge in [-0.15, -0.1) is 0 Å². The van der Waals surface area contributed by atoms with Crippen molar-refractivity contribution in [3.05, 3.63) is 40.7 Å². The Morgan fingerprint density at radius 1 is 1.10 bits per heavy atom. The van der Waals surface area contributed by atoms with Crippen LogP contribution in [0.25, 0.3) is 0 Å². The van der Waals surface area contributed by atoms with Crippen LogP contribution >= 0.6 is 11.8 Å². The van der Waals surface area contributed by atoms with Crippen molar-refractivity contribution in [1.82, 2.24) is 9.97 Å². The molecule has 1 heterocycles. The van der Waals surface area contributed by atoms with Gasteiger partial charge in [0, 0.05) is 23.5 Å². The van der Waals surface area contributed by atoms with Gasteiger partial charge in [0.2, 0.25) is 15.9 Å². The summed E-state index contributed by atoms with van der Waals surface area (Å²) in [6.07, 6.45) is 3.29. The second-order valence-corrected chi connectivity index (χ2v) is 9.42. The molecule has 0 spiro atoms. The van der Waals surface area contributed by atoms with E-state index in [0.29, 0.717) is 29.8 Å². The van der Waals surface area contributed by atoms with Crippen LogP contribution in [0.3, 0.4) is 0 Å². The van der Waals surface area contributed by atoms with Gasteiger partial charge in [-0.2, -0.15) is 0 Å². The van der Waals surface area contributed by atoms with E-state index in [2.05, 4.69) is 20.0 Å². The number of nitrogens with zero attached hydrogens (tertiary/aromatic N) is 2. The fourth-order valence-corrected chi connectivity index (χ4v) is 4.63. The van der Waals surface area contributed by atoms with Gasteiger partial charge in [-0.3, -0.25) is 9.52 Å². The molecule has 9 heteroatoms. The minimum absolute atomic E-state index is 0.0547. The molecule has 2 N–H and O–H groups in total. The van der Waals surface area contributed by atoms with E-state index in [9.17, 15) is 13.2 Å². The molecule has 0 unspecified atom stereocenters. The van der Waals surface area contributed by atoms with E-state index >= 15 is 0 Å². The smallest absolute Gasteiger partial charge is 0.232 e. The van der Waals surface area contributed by atoms with Gasteiger partial charge >= 0.3 is 0 Å². The summed E-state index contributed by atoms with van der Waals surface area (Å²) in [5.41, 5.74) is 4.51. The number of benzene rings is 1. The van der Waals surface area contributed by atoms with E-state index in [0.717, 1.165) is 22.1 Å². The first-order valence-electron chi connectivity index (χ1n) is 9.45. The molecule has 1 aromatic carbocycles. The second-order valence-electron chi connectivity index (χ2n) is 6.81. The Hall–Kier alpha value is -2.13. The maximum Gasteiger partial charge on any atom is 0.232 e. The summed E-state index contributed by atoms with van der Waals surface area (Å²) in [5.74, 6) is -0.0894. The third-order valence-corrected chi connectivity index (χ3v) is 6.56. The van der Waals surface area contributed by atoms with E-state index in [4.69, 9.17) is 0 Å². The Morgan fingerprint density at radius 2 is 1.72 bits per heavy atom. The highest BCUT2D eigenvalue weighted by Crippen LogP contribution is 2.25. The van der Waals surface area contributed by atoms with Crippen LogP contribution in [0, 0.1) is 20.8 Å². The first-order chi connectivity index (χ1) is 13.7. The number of sulfonamides is 1. The van der Waals surface area contributed by atoms with Crippen LogP contribution in [-0.4, -0.2) is 36.3 Å². The fraction of sp³-hybridized carbons (Fsp3) is 0.450. The van der Waals surface area contributed by atoms with E-state index in [1.807, 2.05) is 27.0 Å². The molecule has 0 aliphatic rings. The van der Waals surface area contributed by atoms with Gasteiger partial charge in [0.1, 0.15) is 0 Å². The van der Waals surface area contributed by atoms with E-state index in [-0.39, 0.29) is 18.1 Å². The molecule has 0 aliphatic carbocycles. The molecule has 0 fully saturated rings. The predicted molar refractivity (Wildman–Crippen MR) is 119 cm³/mol. The number of carbonyl (C=O) groups excluding carboxylic acids is 1. The van der Waals surface area contributed by atoms with E-state index < -0.39 is 10.0 Å². The molecule has 7 nitrogen and oxygen atoms in total. The average Bonchev–Trinajstić information content (AvgIpc) is 2.63. The first-order valence-corrected chi connectivity index (χ1v) is 12.3. The zero-order valence-corrected chi connectivity index (χ0v) is 19.1. The molecule has 0 bridgehead atoms. The third kappa shape index (κ3) is 6.43. The van der Waals surface area contributed by atoms with Crippen LogP contribution < -0.4 is 10.0 Å². The molecule has 1 aromatic heterocycles. The first kappa shape index (κ1) is 23.2. The molecular formula is C20H28N4O3S2. The molecule has 0 saturated heterocycles. The number of anilines is 2. The monoisotopic (exact) mass is 436 g/mol. The molecule has 2 aromatic rings. The molecule has 0 radical (unpaired) electrons. The predicted octanol–water partition coefficient (Wildman–Crippen LogP) is 3.85. The normalized spacial score (nSPS) is 11.3. The maximum atomic E-state index is 12.5. The van der Waals surface area contributed by atoms with Gasteiger partial charge in [0.25, 0.3) is 0 Å². The summed E-state index contributed by atoms with van der Waals surface area (Å²) in [7, 11) is -3.39. The lowest BCUT2D eigenvalue weighted by atomic mass is 10.1. The molecule has 158 valence electrons. The van der Waals surface area contributed by atoms with Crippen LogP contribution in [0.2, 0.25) is 0 Å². The molecule has 29 heavy (non-hydrogen) atoms. The van der Waals surface area contributed by atoms with Crippen molar-refractivity contribution < 1.29 is 13.2 Å². The summed E-state index contributed by atoms with van der Waals surface area (Å²) in [4.78, 5) is 21.4. The second kappa shape index (κ2) is 10.1. The fourth-order valence-electron chi connectivity index (χ4n) is 2.98. The number of thioether (sulfide) groups is 1. The van der Waals surface area contributed by atoms with Crippen molar-refractivity contribution in [2.24, 2.45) is 0 Å². The molecule has 1 amide bonds. The van der Waals surface area contributed by atoms with Gasteiger partial charge in [0.15, 0.2) is 5.16 Å². The summed E-state index contributed by atoms with van der Waals surface area (Å²) in [6.45, 7) is 7.45. The van der Waals surface area contributed by atoms with Gasteiger partial charge in [-0.05, 0) is 63.1 Å². The highest BCUT2D eigenvalue weighted by atomic mass is 32.2. The van der Waals surface area contributed by atoms with Crippen LogP contribution in [-0.2, 0) is 21.2 Å². The quantitative estimate of drug-likeness (QED) is 0.457. The van der Waals surface area contributed by atoms with Crippen LogP contribution in [0.4, 0.5) is 11.4 Å². The van der Waals surface area contributed by atoms with Crippen LogP contribution in [0.5, 0.6) is 0 Å². The van der Waals surface area contributed by atoms with Crippen LogP contribution in [0.15, 0.2) is 23.4 Å². The third-order valence-electron chi connectivity index (χ3n) is 4.53. The molecule has 0 saturated carbocycles. The molecule has 0 aliphatic heterocycles. The Balaban J connectivity index is 2.07. The van der Waals surface area contributed by atoms with Crippen molar-refractivity contribution in [1.29, 1.82) is 0 Å². The maximum absolute atomic E-state index is 12.5. The van der Waals surface area contributed by atoms with E-state index in [1.165, 1.54) is 11.8 Å². The SMILES string of the molecule is CCCS(=O)(=O)Nc1cccc(NC(=O)CCc2c(C)nc(SC)nc2C)c1C. The number of aryl methyl sites for hydroxylation is 2. The standard InChI is InChI=1S/C20H28N4O3S2/c1-6-12-29(26,27)24-18-9-7-8-17(13(18)2)23-19(25)11-10-16-14(3)21-20(28-5)22-15(16)4/h7-9,24H,6,10-12H2,1-5H3,(H,23,25). The Labute approximate surface area is 177 Å². The number of hydrogen-bond acceptors (Lipinski definition) is 6. The lowest BCUT2D eigenvalue weighted by molar-refractivity contribution is -0.116. The Kier molecular flexibility index (Phi) is 8.04. The Bertz CT molecular complexity index is 968.